The number of benzene rings is 4. The molecule has 0 spiro atoms. The predicted molar refractivity (Wildman–Crippen MR) is 316 cm³/mol. The first-order valence-corrected chi connectivity index (χ1v) is 31.3. The number of pyridine rings is 2. The van der Waals surface area contributed by atoms with E-state index in [0.29, 0.717) is 22.1 Å². The zero-order chi connectivity index (χ0) is 63.2. The Morgan fingerprint density at radius 2 is 1.00 bits per heavy atom. The van der Waals surface area contributed by atoms with Crippen LogP contribution in [0.4, 0.5) is 0 Å². The quantitative estimate of drug-likeness (QED) is 0.0226. The van der Waals surface area contributed by atoms with Crippen LogP contribution in [0.3, 0.4) is 0 Å². The van der Waals surface area contributed by atoms with Crippen molar-refractivity contribution in [3.05, 3.63) is 145 Å². The SMILES string of the molecule is CC(NP(=O)(OCC1O[C@@H]([n+]2cccc(C(N)=O)c2)[C@@H]2OC(C)(C)O[C@H]12)Oc1cccc2ccccc12)C(=O)OCC(C)(C)C.CC(NP(=O)(OCC1O[C@@H]([n+]2cccc(C(N)=O)c2)[C@H](O)[C@@H]1O)Oc1cccc2ccccc12)C(=O)OCC(C)(C)C. The Morgan fingerprint density at radius 3 is 1.46 bits per heavy atom. The van der Waals surface area contributed by atoms with E-state index >= 15 is 0 Å². The summed E-state index contributed by atoms with van der Waals surface area (Å²) in [6.07, 6.45) is -1.54. The van der Waals surface area contributed by atoms with Crippen LogP contribution in [-0.4, -0.2) is 115 Å². The second-order valence-electron chi connectivity index (χ2n) is 24.2. The summed E-state index contributed by atoms with van der Waals surface area (Å²) in [5.41, 5.74) is 10.8. The van der Waals surface area contributed by atoms with Crippen molar-refractivity contribution in [3.63, 3.8) is 0 Å². The number of carbonyl (C=O) groups excluding carboxylic acids is 4. The molecular formula is C61H78N6O18P2+2. The predicted octanol–water partition coefficient (Wildman–Crippen LogP) is 7.03. The van der Waals surface area contributed by atoms with Gasteiger partial charge in [0.2, 0.25) is 0 Å². The molecule has 6 aromatic rings. The molecule has 2 aromatic heterocycles. The maximum absolute atomic E-state index is 14.4. The number of hydrogen-bond acceptors (Lipinski definition) is 18. The lowest BCUT2D eigenvalue weighted by molar-refractivity contribution is -0.766. The standard InChI is InChI=1S/C32H40N3O9P.C29H36N3O9P/c1-20(30(37)39-19-31(2,3)4)34-45(38,44-24-15-9-12-21-11-7-8-14-23(21)24)40-18-25-26-27(43-32(5,6)42-26)29(41-25)35-16-10-13-22(17-35)28(33)36;1-18(28(36)38-17-29(2,3)4)31-42(37,41-22-13-7-10-19-9-5-6-12-21(19)22)39-16-23-24(33)25(34)27(40-23)32-14-8-11-20(15-32)26(30)35/h7-17,20,25-27,29H,18-19H2,1-6H3,(H2-,33,34,36,38);5-15,18,23-25,27,33-34H,16-17H2,1-4H3,(H2-,30,31,35,37)/p+2/t20?,25?,26-,27-,29-,45?;18?,23?,24-,25-,27-,42?/m11/s1. The van der Waals surface area contributed by atoms with E-state index in [1.807, 2.05) is 90.1 Å². The molecule has 3 fully saturated rings. The van der Waals surface area contributed by atoms with Crippen LogP contribution >= 0.6 is 15.5 Å². The van der Waals surface area contributed by atoms with E-state index in [0.717, 1.165) is 10.8 Å². The molecule has 3 saturated heterocycles. The third-order valence-corrected chi connectivity index (χ3v) is 17.0. The van der Waals surface area contributed by atoms with Crippen molar-refractivity contribution < 1.29 is 94.2 Å². The van der Waals surface area contributed by atoms with Crippen molar-refractivity contribution in [2.75, 3.05) is 26.4 Å². The van der Waals surface area contributed by atoms with Crippen LogP contribution in [0.15, 0.2) is 134 Å². The Morgan fingerprint density at radius 1 is 0.586 bits per heavy atom. The van der Waals surface area contributed by atoms with Crippen molar-refractivity contribution in [1.29, 1.82) is 0 Å². The molecule has 468 valence electrons. The molecule has 6 unspecified atom stereocenters. The van der Waals surface area contributed by atoms with E-state index < -0.39 is 113 Å². The fourth-order valence-electron chi connectivity index (χ4n) is 9.48. The summed E-state index contributed by atoms with van der Waals surface area (Å²) in [6.45, 7) is 17.7. The minimum Gasteiger partial charge on any atom is -0.464 e. The number of aliphatic hydroxyl groups excluding tert-OH is 2. The summed E-state index contributed by atoms with van der Waals surface area (Å²) in [5, 5.41) is 29.9. The number of aliphatic hydroxyl groups is 2. The van der Waals surface area contributed by atoms with Gasteiger partial charge >= 0.3 is 27.4 Å². The number of esters is 2. The number of rotatable bonds is 22. The number of aromatic nitrogens is 2. The molecule has 24 nitrogen and oxygen atoms in total. The Kier molecular flexibility index (Phi) is 20.8. The number of amides is 2. The molecule has 26 heteroatoms. The monoisotopic (exact) mass is 1240 g/mol. The first kappa shape index (κ1) is 66.2. The lowest BCUT2D eigenvalue weighted by atomic mass is 9.99. The average Bonchev–Trinajstić information content (AvgIpc) is 1.68. The summed E-state index contributed by atoms with van der Waals surface area (Å²) >= 11 is 0. The van der Waals surface area contributed by atoms with Crippen LogP contribution in [0.2, 0.25) is 0 Å². The minimum atomic E-state index is -4.32. The molecule has 87 heavy (non-hydrogen) atoms. The molecule has 0 aliphatic carbocycles. The van der Waals surface area contributed by atoms with Gasteiger partial charge in [-0.25, -0.2) is 9.13 Å². The summed E-state index contributed by atoms with van der Waals surface area (Å²) in [7, 11) is -8.57. The molecule has 12 atom stereocenters. The molecule has 8 N–H and O–H groups in total. The van der Waals surface area contributed by atoms with Crippen LogP contribution in [0, 0.1) is 10.8 Å². The Labute approximate surface area is 504 Å². The second kappa shape index (κ2) is 27.3. The number of nitrogens with zero attached hydrogens (tertiary/aromatic N) is 2. The van der Waals surface area contributed by atoms with Gasteiger partial charge in [-0.05, 0) is 73.6 Å². The minimum absolute atomic E-state index is 0.142. The van der Waals surface area contributed by atoms with Crippen molar-refractivity contribution in [3.8, 4) is 11.5 Å². The van der Waals surface area contributed by atoms with E-state index in [4.69, 9.17) is 58.0 Å². The molecule has 5 heterocycles. The number of hydrogen-bond donors (Lipinski definition) is 6. The summed E-state index contributed by atoms with van der Waals surface area (Å²) in [4.78, 5) is 49.0. The highest BCUT2D eigenvalue weighted by atomic mass is 31.2. The van der Waals surface area contributed by atoms with Crippen LogP contribution in [0.1, 0.15) is 102 Å². The van der Waals surface area contributed by atoms with Gasteiger partial charge in [0.25, 0.3) is 24.3 Å². The van der Waals surface area contributed by atoms with Gasteiger partial charge in [-0.2, -0.15) is 19.3 Å². The zero-order valence-electron chi connectivity index (χ0n) is 50.2. The third-order valence-electron chi connectivity index (χ3n) is 13.7. The van der Waals surface area contributed by atoms with Gasteiger partial charge in [0, 0.05) is 22.9 Å². The van der Waals surface area contributed by atoms with Crippen LogP contribution in [-0.2, 0) is 56.2 Å². The largest absolute Gasteiger partial charge is 0.464 e. The van der Waals surface area contributed by atoms with E-state index in [1.54, 1.807) is 85.4 Å². The molecular weight excluding hydrogens is 1170 g/mol. The smallest absolute Gasteiger partial charge is 0.459 e. The Hall–Kier alpha value is -6.76. The van der Waals surface area contributed by atoms with Crippen LogP contribution in [0.25, 0.3) is 21.5 Å². The van der Waals surface area contributed by atoms with Gasteiger partial charge in [0.15, 0.2) is 42.8 Å². The van der Waals surface area contributed by atoms with Gasteiger partial charge in [0.05, 0.1) is 26.4 Å². The first-order chi connectivity index (χ1) is 40.9. The number of nitrogens with two attached hydrogens (primary N) is 2. The first-order valence-electron chi connectivity index (χ1n) is 28.3. The molecule has 3 aliphatic heterocycles. The molecule has 0 saturated carbocycles. The molecule has 0 radical (unpaired) electrons. The van der Waals surface area contributed by atoms with Gasteiger partial charge in [-0.1, -0.05) is 114 Å². The van der Waals surface area contributed by atoms with Gasteiger partial charge < -0.3 is 59.1 Å². The molecule has 4 aromatic carbocycles. The van der Waals surface area contributed by atoms with E-state index in [-0.39, 0.29) is 42.0 Å². The van der Waals surface area contributed by atoms with Crippen LogP contribution < -0.4 is 39.8 Å². The van der Waals surface area contributed by atoms with E-state index in [9.17, 15) is 38.5 Å². The van der Waals surface area contributed by atoms with Gasteiger partial charge in [-0.15, -0.1) is 0 Å². The van der Waals surface area contributed by atoms with Gasteiger partial charge in [0.1, 0.15) is 59.1 Å². The fourth-order valence-corrected chi connectivity index (χ4v) is 12.5. The van der Waals surface area contributed by atoms with Crippen molar-refractivity contribution in [2.45, 2.75) is 136 Å². The highest BCUT2D eigenvalue weighted by Crippen LogP contribution is 2.50. The Balaban J connectivity index is 0.000000226. The number of fused-ring (bicyclic) bond motifs is 3. The molecule has 3 aliphatic rings. The van der Waals surface area contributed by atoms with Crippen molar-refractivity contribution >= 4 is 60.8 Å². The molecule has 2 amide bonds. The fraction of sp³-hybridized carbons (Fsp3) is 0.443. The maximum atomic E-state index is 14.4. The van der Waals surface area contributed by atoms with Crippen molar-refractivity contribution in [2.24, 2.45) is 22.3 Å². The number of carbonyl (C=O) groups is 4. The number of primary amides is 2. The lowest BCUT2D eigenvalue weighted by Gasteiger charge is -2.26. The number of ether oxygens (including phenoxy) is 6. The summed E-state index contributed by atoms with van der Waals surface area (Å²) in [6, 6.07) is 29.6. The second-order valence-corrected chi connectivity index (χ2v) is 27.6. The van der Waals surface area contributed by atoms with E-state index in [2.05, 4.69) is 10.2 Å². The maximum Gasteiger partial charge on any atom is 0.459 e. The van der Waals surface area contributed by atoms with E-state index in [1.165, 1.54) is 36.9 Å². The highest BCUT2D eigenvalue weighted by Gasteiger charge is 2.60. The van der Waals surface area contributed by atoms with Crippen molar-refractivity contribution in [1.82, 2.24) is 10.2 Å². The molecule has 0 bridgehead atoms. The Bertz CT molecular complexity index is 3530. The molecule has 9 rings (SSSR count). The topological polar surface area (TPSA) is 319 Å². The average molecular weight is 1250 g/mol. The summed E-state index contributed by atoms with van der Waals surface area (Å²) in [5.74, 6) is -2.92. The zero-order valence-corrected chi connectivity index (χ0v) is 52.0. The third kappa shape index (κ3) is 17.3. The number of nitrogens with one attached hydrogen (secondary N) is 2. The summed E-state index contributed by atoms with van der Waals surface area (Å²) < 4.78 is 90.8. The highest BCUT2D eigenvalue weighted by molar-refractivity contribution is 7.52. The lowest BCUT2D eigenvalue weighted by Crippen LogP contribution is -2.46. The van der Waals surface area contributed by atoms with Crippen LogP contribution in [0.5, 0.6) is 11.5 Å². The van der Waals surface area contributed by atoms with Gasteiger partial charge in [-0.3, -0.25) is 28.2 Å². The normalized spacial score (nSPS) is 23.7.